The van der Waals surface area contributed by atoms with Crippen molar-refractivity contribution in [3.05, 3.63) is 58.4 Å². The highest BCUT2D eigenvalue weighted by atomic mass is 16.5. The smallest absolute Gasteiger partial charge is 0.338 e. The summed E-state index contributed by atoms with van der Waals surface area (Å²) in [5.74, 6) is -1.14. The Labute approximate surface area is 163 Å². The molecular formula is C21H25NO6. The van der Waals surface area contributed by atoms with E-state index in [2.05, 4.69) is 4.74 Å². The zero-order valence-corrected chi connectivity index (χ0v) is 16.4. The van der Waals surface area contributed by atoms with Gasteiger partial charge in [-0.25, -0.2) is 4.79 Å². The Morgan fingerprint density at radius 2 is 1.79 bits per heavy atom. The summed E-state index contributed by atoms with van der Waals surface area (Å²) in [6.07, 6.45) is 0.916. The number of Topliss-reactive ketones (excluding diaryl/α,β-unsaturated/α-hetero) is 1. The first kappa shape index (κ1) is 21.4. The van der Waals surface area contributed by atoms with E-state index in [1.807, 2.05) is 18.4 Å². The maximum Gasteiger partial charge on any atom is 0.338 e. The van der Waals surface area contributed by atoms with E-state index >= 15 is 0 Å². The van der Waals surface area contributed by atoms with Crippen LogP contribution in [-0.2, 0) is 27.4 Å². The number of methoxy groups -OCH3 is 1. The van der Waals surface area contributed by atoms with E-state index in [0.717, 1.165) is 11.4 Å². The predicted octanol–water partition coefficient (Wildman–Crippen LogP) is 2.59. The molecule has 0 fully saturated rings. The lowest BCUT2D eigenvalue weighted by atomic mass is 10.1. The molecular weight excluding hydrogens is 362 g/mol. The van der Waals surface area contributed by atoms with Crippen LogP contribution < -0.4 is 0 Å². The van der Waals surface area contributed by atoms with E-state index in [9.17, 15) is 14.4 Å². The summed E-state index contributed by atoms with van der Waals surface area (Å²) in [6.45, 7) is 3.84. The van der Waals surface area contributed by atoms with Crippen LogP contribution in [0.2, 0.25) is 0 Å². The van der Waals surface area contributed by atoms with Gasteiger partial charge >= 0.3 is 11.9 Å². The quantitative estimate of drug-likeness (QED) is 0.525. The molecule has 28 heavy (non-hydrogen) atoms. The number of nitrogens with zero attached hydrogens (tertiary/aromatic N) is 1. The van der Waals surface area contributed by atoms with Crippen LogP contribution in [0.5, 0.6) is 0 Å². The van der Waals surface area contributed by atoms with Crippen LogP contribution in [-0.4, -0.2) is 41.1 Å². The summed E-state index contributed by atoms with van der Waals surface area (Å²) >= 11 is 0. The molecule has 0 radical (unpaired) electrons. The van der Waals surface area contributed by atoms with Crippen LogP contribution in [0, 0.1) is 13.8 Å². The van der Waals surface area contributed by atoms with Gasteiger partial charge in [0.15, 0.2) is 6.61 Å². The van der Waals surface area contributed by atoms with Crippen molar-refractivity contribution >= 4 is 17.7 Å². The van der Waals surface area contributed by atoms with Crippen molar-refractivity contribution in [3.8, 4) is 0 Å². The van der Waals surface area contributed by atoms with Crippen molar-refractivity contribution in [2.24, 2.45) is 0 Å². The van der Waals surface area contributed by atoms with E-state index in [0.29, 0.717) is 36.1 Å². The number of aliphatic hydroxyl groups excluding tert-OH is 1. The fraction of sp³-hybridized carbons (Fsp3) is 0.381. The Hall–Kier alpha value is -2.93. The van der Waals surface area contributed by atoms with Crippen molar-refractivity contribution in [3.63, 3.8) is 0 Å². The number of aromatic nitrogens is 1. The van der Waals surface area contributed by atoms with E-state index in [1.165, 1.54) is 7.11 Å². The largest absolute Gasteiger partial charge is 0.469 e. The lowest BCUT2D eigenvalue weighted by Gasteiger charge is -2.09. The van der Waals surface area contributed by atoms with Gasteiger partial charge in [0.05, 0.1) is 19.3 Å². The molecule has 1 aromatic heterocycles. The second-order valence-electron chi connectivity index (χ2n) is 6.47. The molecule has 0 aliphatic heterocycles. The van der Waals surface area contributed by atoms with Gasteiger partial charge in [-0.15, -0.1) is 0 Å². The highest BCUT2D eigenvalue weighted by Crippen LogP contribution is 2.17. The van der Waals surface area contributed by atoms with Crippen molar-refractivity contribution in [1.29, 1.82) is 0 Å². The molecule has 0 saturated heterocycles. The Morgan fingerprint density at radius 3 is 2.39 bits per heavy atom. The third-order valence-corrected chi connectivity index (χ3v) is 4.57. The van der Waals surface area contributed by atoms with Crippen LogP contribution in [0.3, 0.4) is 0 Å². The van der Waals surface area contributed by atoms with Crippen LogP contribution >= 0.6 is 0 Å². The maximum absolute atomic E-state index is 12.5. The minimum Gasteiger partial charge on any atom is -0.469 e. The molecule has 1 heterocycles. The lowest BCUT2D eigenvalue weighted by Crippen LogP contribution is -2.15. The summed E-state index contributed by atoms with van der Waals surface area (Å²) in [7, 11) is 1.35. The summed E-state index contributed by atoms with van der Waals surface area (Å²) < 4.78 is 11.7. The van der Waals surface area contributed by atoms with Gasteiger partial charge in [-0.2, -0.15) is 0 Å². The molecule has 2 aromatic rings. The third kappa shape index (κ3) is 5.29. The zero-order chi connectivity index (χ0) is 20.7. The number of carbonyl (C=O) groups excluding carboxylic acids is 3. The molecule has 0 amide bonds. The second-order valence-corrected chi connectivity index (χ2v) is 6.47. The number of aryl methyl sites for hydroxylation is 1. The number of hydrogen-bond acceptors (Lipinski definition) is 6. The number of esters is 2. The highest BCUT2D eigenvalue weighted by Gasteiger charge is 2.18. The fourth-order valence-electron chi connectivity index (χ4n) is 2.95. The fourth-order valence-corrected chi connectivity index (χ4v) is 2.95. The second kappa shape index (κ2) is 9.85. The van der Waals surface area contributed by atoms with Gasteiger partial charge < -0.3 is 19.1 Å². The number of benzene rings is 1. The molecule has 7 heteroatoms. The van der Waals surface area contributed by atoms with E-state index in [-0.39, 0.29) is 25.0 Å². The van der Waals surface area contributed by atoms with Gasteiger partial charge in [-0.05, 0) is 44.0 Å². The summed E-state index contributed by atoms with van der Waals surface area (Å²) in [4.78, 5) is 35.8. The number of aliphatic hydroxyl groups is 1. The van der Waals surface area contributed by atoms with Crippen LogP contribution in [0.1, 0.15) is 50.5 Å². The molecule has 2 rings (SSSR count). The SMILES string of the molecule is COC(=O)CCCn1c(C)cc(C(=O)COC(=O)c2ccc(CO)cc2)c1C. The van der Waals surface area contributed by atoms with Crippen LogP contribution in [0.25, 0.3) is 0 Å². The topological polar surface area (TPSA) is 94.8 Å². The molecule has 0 atom stereocenters. The number of rotatable bonds is 9. The van der Waals surface area contributed by atoms with Crippen molar-refractivity contribution in [2.75, 3.05) is 13.7 Å². The van der Waals surface area contributed by atoms with Gasteiger partial charge in [-0.3, -0.25) is 9.59 Å². The number of ether oxygens (including phenoxy) is 2. The maximum atomic E-state index is 12.5. The molecule has 0 unspecified atom stereocenters. The van der Waals surface area contributed by atoms with Crippen LogP contribution in [0.4, 0.5) is 0 Å². The highest BCUT2D eigenvalue weighted by molar-refractivity contribution is 6.00. The summed E-state index contributed by atoms with van der Waals surface area (Å²) in [5.41, 5.74) is 3.18. The lowest BCUT2D eigenvalue weighted by molar-refractivity contribution is -0.140. The molecule has 1 N–H and O–H groups in total. The first-order valence-corrected chi connectivity index (χ1v) is 9.01. The van der Waals surface area contributed by atoms with E-state index in [4.69, 9.17) is 9.84 Å². The Kier molecular flexibility index (Phi) is 7.52. The number of ketones is 1. The average Bonchev–Trinajstić information content (AvgIpc) is 2.99. The first-order chi connectivity index (χ1) is 13.4. The van der Waals surface area contributed by atoms with Crippen molar-refractivity contribution in [2.45, 2.75) is 39.8 Å². The third-order valence-electron chi connectivity index (χ3n) is 4.57. The Bertz CT molecular complexity index is 851. The van der Waals surface area contributed by atoms with Gasteiger partial charge in [0.2, 0.25) is 5.78 Å². The minimum absolute atomic E-state index is 0.108. The first-order valence-electron chi connectivity index (χ1n) is 9.01. The van der Waals surface area contributed by atoms with Crippen molar-refractivity contribution < 1.29 is 29.0 Å². The monoisotopic (exact) mass is 387 g/mol. The molecule has 0 aliphatic rings. The molecule has 0 spiro atoms. The zero-order valence-electron chi connectivity index (χ0n) is 16.4. The molecule has 7 nitrogen and oxygen atoms in total. The Balaban J connectivity index is 1.97. The summed E-state index contributed by atoms with van der Waals surface area (Å²) in [6, 6.07) is 8.11. The molecule has 1 aromatic carbocycles. The van der Waals surface area contributed by atoms with Crippen LogP contribution in [0.15, 0.2) is 30.3 Å². The molecule has 150 valence electrons. The minimum atomic E-state index is -0.593. The molecule has 0 aliphatic carbocycles. The van der Waals surface area contributed by atoms with Crippen molar-refractivity contribution in [1.82, 2.24) is 4.57 Å². The molecule has 0 saturated carbocycles. The Morgan fingerprint density at radius 1 is 1.11 bits per heavy atom. The molecule has 0 bridgehead atoms. The standard InChI is InChI=1S/C21H25NO6/c1-14-11-18(15(2)22(14)10-4-5-20(25)27-3)19(24)13-28-21(26)17-8-6-16(12-23)7-9-17/h6-9,11,23H,4-5,10,12-13H2,1-3H3. The number of hydrogen-bond donors (Lipinski definition) is 1. The normalized spacial score (nSPS) is 10.6. The van der Waals surface area contributed by atoms with E-state index in [1.54, 1.807) is 30.3 Å². The summed E-state index contributed by atoms with van der Waals surface area (Å²) in [5, 5.41) is 9.03. The number of carbonyl (C=O) groups is 3. The van der Waals surface area contributed by atoms with E-state index < -0.39 is 5.97 Å². The predicted molar refractivity (Wildman–Crippen MR) is 102 cm³/mol. The van der Waals surface area contributed by atoms with Gasteiger partial charge in [0.25, 0.3) is 0 Å². The van der Waals surface area contributed by atoms with Gasteiger partial charge in [-0.1, -0.05) is 12.1 Å². The average molecular weight is 387 g/mol. The van der Waals surface area contributed by atoms with Gasteiger partial charge in [0, 0.05) is 29.9 Å². The van der Waals surface area contributed by atoms with Gasteiger partial charge in [0.1, 0.15) is 0 Å².